The molecule has 1 heterocycles. The molecule has 0 amide bonds. The Kier molecular flexibility index (Phi) is 5.46. The van der Waals surface area contributed by atoms with E-state index >= 15 is 0 Å². The van der Waals surface area contributed by atoms with Gasteiger partial charge in [0.05, 0.1) is 0 Å². The highest BCUT2D eigenvalue weighted by Crippen LogP contribution is 2.24. The number of aryl methyl sites for hydroxylation is 1. The van der Waals surface area contributed by atoms with Gasteiger partial charge >= 0.3 is 0 Å². The van der Waals surface area contributed by atoms with Gasteiger partial charge in [0, 0.05) is 18.2 Å². The Morgan fingerprint density at radius 3 is 2.47 bits per heavy atom. The first-order valence-electron chi connectivity index (χ1n) is 6.36. The molecule has 0 radical (unpaired) electrons. The van der Waals surface area contributed by atoms with Crippen molar-refractivity contribution in [3.8, 4) is 0 Å². The summed E-state index contributed by atoms with van der Waals surface area (Å²) in [6.45, 7) is 8.96. The number of rotatable bonds is 6. The zero-order chi connectivity index (χ0) is 14.7. The van der Waals surface area contributed by atoms with Crippen molar-refractivity contribution in [3.63, 3.8) is 0 Å². The summed E-state index contributed by atoms with van der Waals surface area (Å²) in [5.41, 5.74) is 0.122. The van der Waals surface area contributed by atoms with Crippen LogP contribution in [0.4, 0.5) is 0 Å². The molecule has 0 fully saturated rings. The second-order valence-corrected chi connectivity index (χ2v) is 9.25. The minimum absolute atomic E-state index is 0.122. The number of hydrogen-bond acceptors (Lipinski definition) is 6. The summed E-state index contributed by atoms with van der Waals surface area (Å²) in [5.74, 6) is 0. The molecule has 1 rings (SSSR count). The number of hydrogen-bond donors (Lipinski definition) is 1. The van der Waals surface area contributed by atoms with Crippen molar-refractivity contribution in [1.29, 1.82) is 0 Å². The van der Waals surface area contributed by atoms with Crippen molar-refractivity contribution in [2.45, 2.75) is 51.3 Å². The summed E-state index contributed by atoms with van der Waals surface area (Å²) in [4.78, 5) is 0. The lowest BCUT2D eigenvalue weighted by atomic mass is 10.1. The summed E-state index contributed by atoms with van der Waals surface area (Å²) in [7, 11) is -3.09. The molecule has 5 nitrogen and oxygen atoms in total. The lowest BCUT2D eigenvalue weighted by Crippen LogP contribution is -2.36. The molecule has 1 aromatic rings. The maximum atomic E-state index is 11.4. The van der Waals surface area contributed by atoms with Crippen LogP contribution in [0.5, 0.6) is 0 Å². The van der Waals surface area contributed by atoms with Crippen LogP contribution in [0.15, 0.2) is 0 Å². The minimum Gasteiger partial charge on any atom is -0.312 e. The molecule has 7 heteroatoms. The Balaban J connectivity index is 2.48. The van der Waals surface area contributed by atoms with Gasteiger partial charge < -0.3 is 5.32 Å². The molecule has 0 saturated heterocycles. The molecule has 19 heavy (non-hydrogen) atoms. The third kappa shape index (κ3) is 5.97. The van der Waals surface area contributed by atoms with Gasteiger partial charge in [0.2, 0.25) is 0 Å². The summed E-state index contributed by atoms with van der Waals surface area (Å²) in [6, 6.07) is 0. The normalized spacial score (nSPS) is 14.6. The van der Waals surface area contributed by atoms with Gasteiger partial charge in [-0.1, -0.05) is 0 Å². The second kappa shape index (κ2) is 6.28. The van der Waals surface area contributed by atoms with Gasteiger partial charge in [-0.2, -0.15) is 0 Å². The third-order valence-electron chi connectivity index (χ3n) is 2.70. The average Bonchev–Trinajstić information content (AvgIpc) is 2.69. The molecule has 0 bridgehead atoms. The van der Waals surface area contributed by atoms with Crippen LogP contribution in [0.1, 0.15) is 49.4 Å². The SMILES string of the molecule is CC(c1nnc(CCCNC(C)(C)C)s1)S(C)(=O)=O. The predicted molar refractivity (Wildman–Crippen MR) is 79.2 cm³/mol. The Labute approximate surface area is 119 Å². The van der Waals surface area contributed by atoms with E-state index in [1.807, 2.05) is 0 Å². The number of nitrogens with one attached hydrogen (secondary N) is 1. The first-order valence-corrected chi connectivity index (χ1v) is 9.13. The monoisotopic (exact) mass is 305 g/mol. The van der Waals surface area contributed by atoms with E-state index in [1.54, 1.807) is 6.92 Å². The van der Waals surface area contributed by atoms with Gasteiger partial charge in [-0.15, -0.1) is 21.5 Å². The lowest BCUT2D eigenvalue weighted by Gasteiger charge is -2.20. The Morgan fingerprint density at radius 1 is 1.32 bits per heavy atom. The van der Waals surface area contributed by atoms with Crippen LogP contribution in [0.3, 0.4) is 0 Å². The fraction of sp³-hybridized carbons (Fsp3) is 0.833. The van der Waals surface area contributed by atoms with Crippen molar-refractivity contribution in [2.24, 2.45) is 0 Å². The van der Waals surface area contributed by atoms with Crippen LogP contribution in [0.2, 0.25) is 0 Å². The maximum Gasteiger partial charge on any atom is 0.156 e. The first kappa shape index (κ1) is 16.5. The second-order valence-electron chi connectivity index (χ2n) is 5.79. The van der Waals surface area contributed by atoms with Crippen LogP contribution < -0.4 is 5.32 Å². The summed E-state index contributed by atoms with van der Waals surface area (Å²) in [6.07, 6.45) is 3.03. The molecule has 1 aromatic heterocycles. The highest BCUT2D eigenvalue weighted by atomic mass is 32.2. The molecule has 0 saturated carbocycles. The smallest absolute Gasteiger partial charge is 0.156 e. The van der Waals surface area contributed by atoms with E-state index in [2.05, 4.69) is 36.3 Å². The van der Waals surface area contributed by atoms with Crippen molar-refractivity contribution < 1.29 is 8.42 Å². The van der Waals surface area contributed by atoms with E-state index < -0.39 is 15.1 Å². The summed E-state index contributed by atoms with van der Waals surface area (Å²) >= 11 is 1.40. The Hall–Kier alpha value is -0.530. The Bertz CT molecular complexity index is 503. The van der Waals surface area contributed by atoms with E-state index in [0.29, 0.717) is 5.01 Å². The molecule has 0 aromatic carbocycles. The average molecular weight is 305 g/mol. The van der Waals surface area contributed by atoms with Gasteiger partial charge in [0.25, 0.3) is 0 Å². The standard InChI is InChI=1S/C12H23N3O2S2/c1-9(19(5,16)17)11-15-14-10(18-11)7-6-8-13-12(2,3)4/h9,13H,6-8H2,1-5H3. The molecule has 0 aliphatic carbocycles. The van der Waals surface area contributed by atoms with E-state index in [1.165, 1.54) is 17.6 Å². The molecular weight excluding hydrogens is 282 g/mol. The predicted octanol–water partition coefficient (Wildman–Crippen LogP) is 1.96. The maximum absolute atomic E-state index is 11.4. The molecule has 0 spiro atoms. The van der Waals surface area contributed by atoms with Crippen LogP contribution in [-0.2, 0) is 16.3 Å². The zero-order valence-corrected chi connectivity index (χ0v) is 13.9. The quantitative estimate of drug-likeness (QED) is 0.814. The molecular formula is C12H23N3O2S2. The van der Waals surface area contributed by atoms with E-state index in [9.17, 15) is 8.42 Å². The largest absolute Gasteiger partial charge is 0.312 e. The minimum atomic E-state index is -3.09. The fourth-order valence-electron chi connectivity index (χ4n) is 1.42. The molecule has 1 N–H and O–H groups in total. The highest BCUT2D eigenvalue weighted by Gasteiger charge is 2.21. The zero-order valence-electron chi connectivity index (χ0n) is 12.2. The molecule has 110 valence electrons. The third-order valence-corrected chi connectivity index (χ3v) is 5.52. The van der Waals surface area contributed by atoms with E-state index in [-0.39, 0.29) is 5.54 Å². The fourth-order valence-corrected chi connectivity index (χ4v) is 3.32. The number of aromatic nitrogens is 2. The summed E-state index contributed by atoms with van der Waals surface area (Å²) < 4.78 is 22.9. The van der Waals surface area contributed by atoms with Crippen molar-refractivity contribution in [2.75, 3.05) is 12.8 Å². The van der Waals surface area contributed by atoms with Crippen LogP contribution in [0, 0.1) is 0 Å². The first-order chi connectivity index (χ1) is 8.59. The van der Waals surface area contributed by atoms with E-state index in [0.717, 1.165) is 24.4 Å². The van der Waals surface area contributed by atoms with Crippen molar-refractivity contribution >= 4 is 21.2 Å². The molecule has 1 unspecified atom stereocenters. The molecule has 0 aliphatic heterocycles. The van der Waals surface area contributed by atoms with Gasteiger partial charge in [0.1, 0.15) is 15.3 Å². The molecule has 0 aliphatic rings. The van der Waals surface area contributed by atoms with Crippen LogP contribution in [0.25, 0.3) is 0 Å². The lowest BCUT2D eigenvalue weighted by molar-refractivity contribution is 0.422. The highest BCUT2D eigenvalue weighted by molar-refractivity contribution is 7.91. The van der Waals surface area contributed by atoms with Crippen molar-refractivity contribution in [1.82, 2.24) is 15.5 Å². The molecule has 1 atom stereocenters. The van der Waals surface area contributed by atoms with Gasteiger partial charge in [0.15, 0.2) is 9.84 Å². The Morgan fingerprint density at radius 2 is 1.95 bits per heavy atom. The van der Waals surface area contributed by atoms with Crippen molar-refractivity contribution in [3.05, 3.63) is 10.0 Å². The topological polar surface area (TPSA) is 72.0 Å². The van der Waals surface area contributed by atoms with Gasteiger partial charge in [-0.05, 0) is 40.7 Å². The van der Waals surface area contributed by atoms with E-state index in [4.69, 9.17) is 0 Å². The summed E-state index contributed by atoms with van der Waals surface area (Å²) in [5, 5.41) is 12.4. The van der Waals surface area contributed by atoms with Crippen LogP contribution >= 0.6 is 11.3 Å². The number of nitrogens with zero attached hydrogens (tertiary/aromatic N) is 2. The van der Waals surface area contributed by atoms with Gasteiger partial charge in [-0.3, -0.25) is 0 Å². The van der Waals surface area contributed by atoms with Gasteiger partial charge in [-0.25, -0.2) is 8.42 Å². The number of sulfone groups is 1. The van der Waals surface area contributed by atoms with Crippen LogP contribution in [-0.4, -0.2) is 37.0 Å².